The van der Waals surface area contributed by atoms with Crippen LogP contribution < -0.4 is 3.86 Å². The molecule has 0 saturated carbocycles. The van der Waals surface area contributed by atoms with Gasteiger partial charge in [0.15, 0.2) is 0 Å². The van der Waals surface area contributed by atoms with Crippen molar-refractivity contribution in [1.29, 1.82) is 0 Å². The summed E-state index contributed by atoms with van der Waals surface area (Å²) < 4.78 is 2.28. The third kappa shape index (κ3) is 5.26. The number of allylic oxidation sites excluding steroid dienone is 2. The van der Waals surface area contributed by atoms with Crippen LogP contribution in [0.2, 0.25) is 0 Å². The number of aliphatic imine (C=N–C) groups is 1. The van der Waals surface area contributed by atoms with Crippen molar-refractivity contribution in [2.45, 2.75) is 55.4 Å². The number of anilines is 1. The van der Waals surface area contributed by atoms with Gasteiger partial charge in [0.05, 0.1) is 0 Å². The van der Waals surface area contributed by atoms with Crippen molar-refractivity contribution in [3.05, 3.63) is 69.4 Å². The van der Waals surface area contributed by atoms with Gasteiger partial charge in [-0.3, -0.25) is 0 Å². The van der Waals surface area contributed by atoms with Crippen molar-refractivity contribution in [3.63, 3.8) is 0 Å². The normalized spacial score (nSPS) is 12.5. The standard InChI is InChI=1S/C23H29ClGeN2/c1-14-9-16(3)22(17(4)10-14)26-20(7)13-21(8)27(25-24)23-18(5)11-15(2)12-19(23)6/h9-13H,1-8H3/b21-13-,26-20?. The third-order valence-corrected chi connectivity index (χ3v) is 7.08. The second kappa shape index (κ2) is 9.12. The number of hydrogen-bond acceptors (Lipinski definition) is 2. The molecule has 0 unspecified atom stereocenters. The molecule has 0 atom stereocenters. The molecule has 0 spiro atoms. The van der Waals surface area contributed by atoms with Gasteiger partial charge in [0, 0.05) is 0 Å². The van der Waals surface area contributed by atoms with E-state index in [4.69, 9.17) is 15.0 Å². The van der Waals surface area contributed by atoms with Gasteiger partial charge in [-0.05, 0) is 0 Å². The molecule has 0 aliphatic heterocycles. The first-order valence-electron chi connectivity index (χ1n) is 9.19. The molecule has 2 rings (SSSR count). The minimum atomic E-state index is -0.792. The van der Waals surface area contributed by atoms with Gasteiger partial charge in [0.1, 0.15) is 0 Å². The summed E-state index contributed by atoms with van der Waals surface area (Å²) >= 11 is -0.792. The fourth-order valence-corrected chi connectivity index (χ4v) is 6.20. The van der Waals surface area contributed by atoms with Crippen LogP contribution in [0.1, 0.15) is 47.2 Å². The van der Waals surface area contributed by atoms with E-state index in [0.29, 0.717) is 0 Å². The first-order valence-corrected chi connectivity index (χ1v) is 12.9. The molecule has 2 aromatic carbocycles. The van der Waals surface area contributed by atoms with Gasteiger partial charge >= 0.3 is 175 Å². The Labute approximate surface area is 175 Å². The summed E-state index contributed by atoms with van der Waals surface area (Å²) in [6, 6.07) is 8.82. The molecule has 2 radical (unpaired) electrons. The van der Waals surface area contributed by atoms with E-state index in [1.165, 1.54) is 39.1 Å². The van der Waals surface area contributed by atoms with Gasteiger partial charge in [0.2, 0.25) is 0 Å². The van der Waals surface area contributed by atoms with Gasteiger partial charge in [-0.2, -0.15) is 0 Å². The average Bonchev–Trinajstić information content (AvgIpc) is 2.53. The Hall–Kier alpha value is -1.52. The van der Waals surface area contributed by atoms with Crippen LogP contribution in [-0.2, 0) is 0 Å². The molecule has 0 aromatic heterocycles. The number of aryl methyl sites for hydroxylation is 6. The van der Waals surface area contributed by atoms with Crippen LogP contribution in [0, 0.1) is 41.5 Å². The zero-order valence-corrected chi connectivity index (χ0v) is 20.5. The van der Waals surface area contributed by atoms with Crippen molar-refractivity contribution in [2.24, 2.45) is 4.99 Å². The Morgan fingerprint density at radius 3 is 1.74 bits per heavy atom. The molecule has 27 heavy (non-hydrogen) atoms. The second-order valence-electron chi connectivity index (χ2n) is 7.45. The summed E-state index contributed by atoms with van der Waals surface area (Å²) in [7, 11) is 6.46. The van der Waals surface area contributed by atoms with Crippen molar-refractivity contribution in [2.75, 3.05) is 3.86 Å². The van der Waals surface area contributed by atoms with Gasteiger partial charge in [0.25, 0.3) is 0 Å². The number of hydrogen-bond donors (Lipinski definition) is 0. The predicted molar refractivity (Wildman–Crippen MR) is 122 cm³/mol. The van der Waals surface area contributed by atoms with Crippen LogP contribution in [0.25, 0.3) is 0 Å². The van der Waals surface area contributed by atoms with Crippen LogP contribution in [0.5, 0.6) is 0 Å². The fourth-order valence-electron chi connectivity index (χ4n) is 3.73. The maximum atomic E-state index is 6.46. The van der Waals surface area contributed by atoms with Crippen LogP contribution in [0.3, 0.4) is 0 Å². The molecule has 4 heteroatoms. The van der Waals surface area contributed by atoms with Gasteiger partial charge in [-0.25, -0.2) is 0 Å². The van der Waals surface area contributed by atoms with Crippen molar-refractivity contribution >= 4 is 41.8 Å². The molecule has 0 amide bonds. The SMILES string of the molecule is CC(/C=C(/C)[N]([Ge][Cl])c1c(C)cc(C)cc1C)=Nc1c(C)cc(C)cc1C. The predicted octanol–water partition coefficient (Wildman–Crippen LogP) is 6.81. The Morgan fingerprint density at radius 2 is 1.30 bits per heavy atom. The maximum absolute atomic E-state index is 6.46. The van der Waals surface area contributed by atoms with E-state index >= 15 is 0 Å². The topological polar surface area (TPSA) is 15.6 Å². The number of rotatable bonds is 5. The van der Waals surface area contributed by atoms with E-state index in [9.17, 15) is 0 Å². The molecule has 0 saturated heterocycles. The van der Waals surface area contributed by atoms with Gasteiger partial charge in [-0.15, -0.1) is 0 Å². The molecule has 0 aliphatic carbocycles. The molecule has 0 aliphatic rings. The zero-order valence-electron chi connectivity index (χ0n) is 17.7. The summed E-state index contributed by atoms with van der Waals surface area (Å²) in [6.07, 6.45) is 2.14. The molecule has 0 heterocycles. The van der Waals surface area contributed by atoms with E-state index in [2.05, 4.69) is 89.6 Å². The van der Waals surface area contributed by atoms with E-state index in [-0.39, 0.29) is 0 Å². The Kier molecular flexibility index (Phi) is 7.35. The average molecular weight is 442 g/mol. The Morgan fingerprint density at radius 1 is 0.852 bits per heavy atom. The number of benzene rings is 2. The quantitative estimate of drug-likeness (QED) is 0.367. The molecule has 0 fully saturated rings. The van der Waals surface area contributed by atoms with Crippen LogP contribution in [0.15, 0.2) is 41.0 Å². The summed E-state index contributed by atoms with van der Waals surface area (Å²) in [5.41, 5.74) is 12.0. The Balaban J connectivity index is 2.43. The molecule has 2 nitrogen and oxygen atoms in total. The number of nitrogens with zero attached hydrogens (tertiary/aromatic N) is 2. The van der Waals surface area contributed by atoms with E-state index in [1.54, 1.807) is 0 Å². The van der Waals surface area contributed by atoms with Crippen molar-refractivity contribution in [1.82, 2.24) is 0 Å². The molecule has 0 N–H and O–H groups in total. The molecule has 142 valence electrons. The monoisotopic (exact) mass is 442 g/mol. The second-order valence-corrected chi connectivity index (χ2v) is 9.62. The summed E-state index contributed by atoms with van der Waals surface area (Å²) in [6.45, 7) is 17.0. The number of halogens is 1. The fraction of sp³-hybridized carbons (Fsp3) is 0.348. The molecule has 0 bridgehead atoms. The van der Waals surface area contributed by atoms with Crippen LogP contribution in [-0.4, -0.2) is 20.4 Å². The minimum absolute atomic E-state index is 0.792. The Bertz CT molecular complexity index is 867. The summed E-state index contributed by atoms with van der Waals surface area (Å²) in [4.78, 5) is 4.89. The third-order valence-electron chi connectivity index (χ3n) is 4.64. The molecular formula is C23H29ClGeN2. The van der Waals surface area contributed by atoms with Crippen molar-refractivity contribution < 1.29 is 0 Å². The van der Waals surface area contributed by atoms with Crippen molar-refractivity contribution in [3.8, 4) is 0 Å². The first-order chi connectivity index (χ1) is 12.6. The van der Waals surface area contributed by atoms with Crippen LogP contribution >= 0.6 is 10.0 Å². The van der Waals surface area contributed by atoms with E-state index in [0.717, 1.165) is 17.1 Å². The van der Waals surface area contributed by atoms with E-state index < -0.39 is 14.7 Å². The summed E-state index contributed by atoms with van der Waals surface area (Å²) in [5, 5.41) is 0. The molecular weight excluding hydrogens is 412 g/mol. The van der Waals surface area contributed by atoms with E-state index in [1.807, 2.05) is 0 Å². The first kappa shape index (κ1) is 21.8. The van der Waals surface area contributed by atoms with Gasteiger partial charge in [-0.1, -0.05) is 0 Å². The summed E-state index contributed by atoms with van der Waals surface area (Å²) in [5.74, 6) is 0. The van der Waals surface area contributed by atoms with Gasteiger partial charge < -0.3 is 0 Å². The zero-order chi connectivity index (χ0) is 20.3. The molecule has 2 aromatic rings. The van der Waals surface area contributed by atoms with Crippen LogP contribution in [0.4, 0.5) is 11.4 Å².